The highest BCUT2D eigenvalue weighted by atomic mass is 16.7. The first kappa shape index (κ1) is 20.7. The number of pyridine rings is 1. The van der Waals surface area contributed by atoms with Gasteiger partial charge in [-0.1, -0.05) is 18.2 Å². The van der Waals surface area contributed by atoms with Gasteiger partial charge in [-0.3, -0.25) is 0 Å². The lowest BCUT2D eigenvalue weighted by Crippen LogP contribution is -2.17. The number of ether oxygens (including phenoxy) is 4. The van der Waals surface area contributed by atoms with E-state index in [4.69, 9.17) is 18.9 Å². The number of hydrogen-bond acceptors (Lipinski definition) is 6. The van der Waals surface area contributed by atoms with Gasteiger partial charge in [-0.05, 0) is 49.2 Å². The number of aromatic nitrogens is 2. The molecule has 2 aromatic carbocycles. The molecule has 2 aromatic heterocycles. The van der Waals surface area contributed by atoms with Gasteiger partial charge in [0.25, 0.3) is 0 Å². The highest BCUT2D eigenvalue weighted by Crippen LogP contribution is 2.35. The lowest BCUT2D eigenvalue weighted by atomic mass is 10.0. The standard InChI is InChI=1S/C24H24N2O5/c1-14(2)30-24(27)31-23-19(13-28-3)22-18-11-16(15-5-8-17(29-4)9-6-15)7-10-20(18)26-21(22)12-25-23/h5-12,14,26H,13H2,1-4H3. The molecule has 0 fully saturated rings. The quantitative estimate of drug-likeness (QED) is 0.417. The molecule has 7 nitrogen and oxygen atoms in total. The summed E-state index contributed by atoms with van der Waals surface area (Å²) in [6.07, 6.45) is 0.569. The summed E-state index contributed by atoms with van der Waals surface area (Å²) in [6.45, 7) is 3.75. The van der Waals surface area contributed by atoms with Crippen molar-refractivity contribution in [3.05, 3.63) is 54.2 Å². The molecule has 4 aromatic rings. The van der Waals surface area contributed by atoms with E-state index in [1.165, 1.54) is 0 Å². The molecule has 4 rings (SSSR count). The van der Waals surface area contributed by atoms with Crippen molar-refractivity contribution in [1.29, 1.82) is 0 Å². The maximum Gasteiger partial charge on any atom is 0.515 e. The van der Waals surface area contributed by atoms with Crippen LogP contribution in [0.3, 0.4) is 0 Å². The molecule has 0 aliphatic carbocycles. The molecule has 1 N–H and O–H groups in total. The largest absolute Gasteiger partial charge is 0.515 e. The molecule has 0 saturated heterocycles. The van der Waals surface area contributed by atoms with E-state index in [-0.39, 0.29) is 18.6 Å². The van der Waals surface area contributed by atoms with Gasteiger partial charge in [0.2, 0.25) is 5.88 Å². The Balaban J connectivity index is 1.84. The minimum absolute atomic E-state index is 0.177. The fourth-order valence-corrected chi connectivity index (χ4v) is 3.57. The van der Waals surface area contributed by atoms with Gasteiger partial charge in [0.05, 0.1) is 37.1 Å². The molecule has 0 saturated carbocycles. The number of carbonyl (C=O) groups excluding carboxylic acids is 1. The van der Waals surface area contributed by atoms with Crippen molar-refractivity contribution in [2.45, 2.75) is 26.6 Å². The summed E-state index contributed by atoms with van der Waals surface area (Å²) in [5.74, 6) is 0.983. The second-order valence-corrected chi connectivity index (χ2v) is 7.40. The highest BCUT2D eigenvalue weighted by Gasteiger charge is 2.19. The average Bonchev–Trinajstić information content (AvgIpc) is 3.13. The van der Waals surface area contributed by atoms with Gasteiger partial charge in [0.15, 0.2) is 0 Å². The summed E-state index contributed by atoms with van der Waals surface area (Å²) in [5.41, 5.74) is 4.58. The van der Waals surface area contributed by atoms with Crippen molar-refractivity contribution in [2.75, 3.05) is 14.2 Å². The Hall–Kier alpha value is -3.58. The molecular weight excluding hydrogens is 396 g/mol. The normalized spacial score (nSPS) is 11.3. The van der Waals surface area contributed by atoms with Gasteiger partial charge in [0.1, 0.15) is 5.75 Å². The van der Waals surface area contributed by atoms with Crippen LogP contribution >= 0.6 is 0 Å². The van der Waals surface area contributed by atoms with Gasteiger partial charge in [0, 0.05) is 23.4 Å². The summed E-state index contributed by atoms with van der Waals surface area (Å²) in [5, 5.41) is 1.88. The van der Waals surface area contributed by atoms with Crippen LogP contribution in [-0.2, 0) is 16.1 Å². The summed E-state index contributed by atoms with van der Waals surface area (Å²) in [4.78, 5) is 19.8. The number of H-pyrrole nitrogens is 1. The fraction of sp³-hybridized carbons (Fsp3) is 0.250. The topological polar surface area (TPSA) is 82.7 Å². The smallest absolute Gasteiger partial charge is 0.497 e. The van der Waals surface area contributed by atoms with E-state index in [2.05, 4.69) is 22.1 Å². The molecule has 31 heavy (non-hydrogen) atoms. The van der Waals surface area contributed by atoms with Crippen LogP contribution in [0.5, 0.6) is 11.6 Å². The first-order valence-corrected chi connectivity index (χ1v) is 9.95. The predicted octanol–water partition coefficient (Wildman–Crippen LogP) is 5.46. The molecule has 0 radical (unpaired) electrons. The number of nitrogens with one attached hydrogen (secondary N) is 1. The number of hydrogen-bond donors (Lipinski definition) is 1. The van der Waals surface area contributed by atoms with Gasteiger partial charge in [-0.25, -0.2) is 9.78 Å². The Kier molecular flexibility index (Phi) is 5.77. The van der Waals surface area contributed by atoms with Crippen molar-refractivity contribution in [2.24, 2.45) is 0 Å². The summed E-state index contributed by atoms with van der Waals surface area (Å²) >= 11 is 0. The Labute approximate surface area is 179 Å². The molecule has 0 bridgehead atoms. The monoisotopic (exact) mass is 420 g/mol. The van der Waals surface area contributed by atoms with Crippen LogP contribution in [0.1, 0.15) is 19.4 Å². The zero-order valence-electron chi connectivity index (χ0n) is 17.9. The van der Waals surface area contributed by atoms with E-state index < -0.39 is 6.16 Å². The molecule has 0 aliphatic rings. The third-order valence-corrected chi connectivity index (χ3v) is 4.92. The van der Waals surface area contributed by atoms with Crippen molar-refractivity contribution in [1.82, 2.24) is 9.97 Å². The third-order valence-electron chi connectivity index (χ3n) is 4.92. The minimum Gasteiger partial charge on any atom is -0.497 e. The molecule has 0 unspecified atom stereocenters. The van der Waals surface area contributed by atoms with Crippen molar-refractivity contribution < 1.29 is 23.7 Å². The van der Waals surface area contributed by atoms with Crippen LogP contribution < -0.4 is 9.47 Å². The highest BCUT2D eigenvalue weighted by molar-refractivity contribution is 6.10. The van der Waals surface area contributed by atoms with Gasteiger partial charge < -0.3 is 23.9 Å². The van der Waals surface area contributed by atoms with Crippen LogP contribution in [0.2, 0.25) is 0 Å². The first-order chi connectivity index (χ1) is 15.0. The van der Waals surface area contributed by atoms with Crippen LogP contribution in [0, 0.1) is 0 Å². The van der Waals surface area contributed by atoms with E-state index in [0.29, 0.717) is 5.56 Å². The van der Waals surface area contributed by atoms with Crippen LogP contribution in [0.15, 0.2) is 48.7 Å². The maximum atomic E-state index is 12.1. The molecule has 0 atom stereocenters. The van der Waals surface area contributed by atoms with Crippen LogP contribution in [-0.4, -0.2) is 36.4 Å². The lowest BCUT2D eigenvalue weighted by Gasteiger charge is -2.12. The number of rotatable bonds is 6. The summed E-state index contributed by atoms with van der Waals surface area (Å²) in [6, 6.07) is 14.1. The lowest BCUT2D eigenvalue weighted by molar-refractivity contribution is 0.0705. The van der Waals surface area contributed by atoms with Gasteiger partial charge in [-0.2, -0.15) is 0 Å². The Morgan fingerprint density at radius 1 is 1.03 bits per heavy atom. The van der Waals surface area contributed by atoms with E-state index in [1.54, 1.807) is 34.3 Å². The van der Waals surface area contributed by atoms with Crippen molar-refractivity contribution >= 4 is 28.0 Å². The first-order valence-electron chi connectivity index (χ1n) is 9.95. The number of fused-ring (bicyclic) bond motifs is 3. The van der Waals surface area contributed by atoms with E-state index in [1.807, 2.05) is 30.3 Å². The Bertz CT molecular complexity index is 1230. The third kappa shape index (κ3) is 4.18. The van der Waals surface area contributed by atoms with E-state index in [9.17, 15) is 4.79 Å². The average molecular weight is 420 g/mol. The molecule has 160 valence electrons. The van der Waals surface area contributed by atoms with Crippen molar-refractivity contribution in [3.63, 3.8) is 0 Å². The van der Waals surface area contributed by atoms with Gasteiger partial charge >= 0.3 is 6.16 Å². The van der Waals surface area contributed by atoms with Crippen LogP contribution in [0.25, 0.3) is 32.9 Å². The minimum atomic E-state index is -0.794. The second-order valence-electron chi connectivity index (χ2n) is 7.40. The number of carbonyl (C=O) groups is 1. The molecular formula is C24H24N2O5. The predicted molar refractivity (Wildman–Crippen MR) is 119 cm³/mol. The molecule has 2 heterocycles. The summed E-state index contributed by atoms with van der Waals surface area (Å²) in [7, 11) is 3.24. The summed E-state index contributed by atoms with van der Waals surface area (Å²) < 4.78 is 21.2. The number of aromatic amines is 1. The van der Waals surface area contributed by atoms with Crippen LogP contribution in [0.4, 0.5) is 4.79 Å². The number of benzene rings is 2. The fourth-order valence-electron chi connectivity index (χ4n) is 3.57. The van der Waals surface area contributed by atoms with Crippen molar-refractivity contribution in [3.8, 4) is 22.8 Å². The number of methoxy groups -OCH3 is 2. The molecule has 7 heteroatoms. The molecule has 0 aliphatic heterocycles. The molecule has 0 amide bonds. The zero-order chi connectivity index (χ0) is 22.0. The molecule has 0 spiro atoms. The maximum absolute atomic E-state index is 12.1. The van der Waals surface area contributed by atoms with E-state index >= 15 is 0 Å². The Morgan fingerprint density at radius 2 is 1.77 bits per heavy atom. The second kappa shape index (κ2) is 8.65. The number of nitrogens with zero attached hydrogens (tertiary/aromatic N) is 1. The zero-order valence-corrected chi connectivity index (χ0v) is 17.9. The van der Waals surface area contributed by atoms with Gasteiger partial charge in [-0.15, -0.1) is 0 Å². The van der Waals surface area contributed by atoms with E-state index in [0.717, 1.165) is 38.7 Å². The SMILES string of the molecule is COCc1c(OC(=O)OC(C)C)ncc2[nH]c3ccc(-c4ccc(OC)cc4)cc3c12. The Morgan fingerprint density at radius 3 is 2.45 bits per heavy atom.